The second-order valence-corrected chi connectivity index (χ2v) is 4.86. The van der Waals surface area contributed by atoms with Crippen LogP contribution >= 0.6 is 0 Å². The van der Waals surface area contributed by atoms with Crippen molar-refractivity contribution in [3.63, 3.8) is 0 Å². The normalized spacial score (nSPS) is 11.0. The van der Waals surface area contributed by atoms with E-state index in [-0.39, 0.29) is 18.7 Å². The third-order valence-corrected chi connectivity index (χ3v) is 3.08. The van der Waals surface area contributed by atoms with Gasteiger partial charge in [-0.2, -0.15) is 13.2 Å². The number of halogens is 3. The Balaban J connectivity index is 1.81. The molecular formula is C16H14F3N3O2. The molecule has 2 N–H and O–H groups in total. The lowest BCUT2D eigenvalue weighted by Gasteiger charge is -2.09. The van der Waals surface area contributed by atoms with Gasteiger partial charge >= 0.3 is 6.18 Å². The van der Waals surface area contributed by atoms with Gasteiger partial charge in [0.25, 0.3) is 5.91 Å². The maximum Gasteiger partial charge on any atom is 0.416 e. The summed E-state index contributed by atoms with van der Waals surface area (Å²) < 4.78 is 37.3. The fourth-order valence-corrected chi connectivity index (χ4v) is 1.83. The van der Waals surface area contributed by atoms with Gasteiger partial charge in [0.2, 0.25) is 5.91 Å². The lowest BCUT2D eigenvalue weighted by Crippen LogP contribution is -2.36. The van der Waals surface area contributed by atoms with Crippen LogP contribution in [0.2, 0.25) is 0 Å². The van der Waals surface area contributed by atoms with Crippen LogP contribution in [0.25, 0.3) is 0 Å². The highest BCUT2D eigenvalue weighted by molar-refractivity contribution is 5.96. The van der Waals surface area contributed by atoms with Gasteiger partial charge in [-0.25, -0.2) is 0 Å². The van der Waals surface area contributed by atoms with E-state index in [4.69, 9.17) is 0 Å². The summed E-state index contributed by atoms with van der Waals surface area (Å²) in [5, 5.41) is 4.91. The summed E-state index contributed by atoms with van der Waals surface area (Å²) in [6, 6.07) is 9.01. The van der Waals surface area contributed by atoms with Crippen LogP contribution in [0.4, 0.5) is 13.2 Å². The van der Waals surface area contributed by atoms with Crippen LogP contribution in [0.3, 0.4) is 0 Å². The monoisotopic (exact) mass is 337 g/mol. The number of alkyl halides is 3. The van der Waals surface area contributed by atoms with E-state index in [9.17, 15) is 22.8 Å². The first-order chi connectivity index (χ1) is 11.4. The molecule has 0 saturated carbocycles. The van der Waals surface area contributed by atoms with Gasteiger partial charge in [-0.3, -0.25) is 14.6 Å². The highest BCUT2D eigenvalue weighted by Crippen LogP contribution is 2.28. The topological polar surface area (TPSA) is 71.1 Å². The molecule has 2 rings (SSSR count). The zero-order valence-corrected chi connectivity index (χ0v) is 12.4. The fraction of sp³-hybridized carbons (Fsp3) is 0.188. The van der Waals surface area contributed by atoms with Gasteiger partial charge < -0.3 is 10.6 Å². The molecule has 0 bridgehead atoms. The maximum absolute atomic E-state index is 12.4. The largest absolute Gasteiger partial charge is 0.416 e. The van der Waals surface area contributed by atoms with Gasteiger partial charge in [-0.15, -0.1) is 0 Å². The standard InChI is InChI=1S/C16H14F3N3O2/c17-16(18,19)12-6-4-11(5-7-12)15(24)22-10-14(23)21-9-13-3-1-2-8-20-13/h1-8H,9-10H2,(H,21,23)(H,22,24). The molecule has 0 aliphatic heterocycles. The average Bonchev–Trinajstić information content (AvgIpc) is 2.58. The number of carbonyl (C=O) groups excluding carboxylic acids is 2. The number of hydrogen-bond acceptors (Lipinski definition) is 3. The molecule has 0 atom stereocenters. The number of nitrogens with zero attached hydrogens (tertiary/aromatic N) is 1. The molecule has 24 heavy (non-hydrogen) atoms. The Labute approximate surface area is 135 Å². The number of benzene rings is 1. The van der Waals surface area contributed by atoms with Crippen molar-refractivity contribution in [3.05, 3.63) is 65.5 Å². The van der Waals surface area contributed by atoms with Crippen molar-refractivity contribution in [3.8, 4) is 0 Å². The summed E-state index contributed by atoms with van der Waals surface area (Å²) in [6.45, 7) is -0.0670. The molecule has 0 fully saturated rings. The molecule has 0 unspecified atom stereocenters. The molecule has 1 heterocycles. The number of aromatic nitrogens is 1. The van der Waals surface area contributed by atoms with Gasteiger partial charge in [0.1, 0.15) is 0 Å². The zero-order chi connectivity index (χ0) is 17.6. The quantitative estimate of drug-likeness (QED) is 0.878. The zero-order valence-electron chi connectivity index (χ0n) is 12.4. The molecule has 5 nitrogen and oxygen atoms in total. The Hall–Kier alpha value is -2.90. The van der Waals surface area contributed by atoms with E-state index in [1.165, 1.54) is 0 Å². The smallest absolute Gasteiger partial charge is 0.349 e. The lowest BCUT2D eigenvalue weighted by molar-refractivity contribution is -0.137. The number of carbonyl (C=O) groups is 2. The molecule has 0 saturated heterocycles. The SMILES string of the molecule is O=C(CNC(=O)c1ccc(C(F)(F)F)cc1)NCc1ccccn1. The number of hydrogen-bond donors (Lipinski definition) is 2. The number of amides is 2. The Morgan fingerprint density at radius 3 is 2.29 bits per heavy atom. The van der Waals surface area contributed by atoms with E-state index in [0.717, 1.165) is 24.3 Å². The van der Waals surface area contributed by atoms with Crippen LogP contribution in [0.1, 0.15) is 21.6 Å². The molecule has 0 radical (unpaired) electrons. The number of nitrogens with one attached hydrogen (secondary N) is 2. The second-order valence-electron chi connectivity index (χ2n) is 4.86. The third kappa shape index (κ3) is 5.08. The van der Waals surface area contributed by atoms with Crippen LogP contribution in [-0.4, -0.2) is 23.3 Å². The predicted octanol–water partition coefficient (Wildman–Crippen LogP) is 2.15. The van der Waals surface area contributed by atoms with Crippen LogP contribution in [0.5, 0.6) is 0 Å². The van der Waals surface area contributed by atoms with E-state index in [1.807, 2.05) is 0 Å². The van der Waals surface area contributed by atoms with E-state index in [2.05, 4.69) is 15.6 Å². The average molecular weight is 337 g/mol. The molecule has 1 aromatic heterocycles. The van der Waals surface area contributed by atoms with Crippen molar-refractivity contribution in [1.29, 1.82) is 0 Å². The molecule has 0 aliphatic rings. The van der Waals surface area contributed by atoms with Crippen LogP contribution in [0, 0.1) is 0 Å². The summed E-state index contributed by atoms with van der Waals surface area (Å²) in [5.74, 6) is -1.06. The van der Waals surface area contributed by atoms with E-state index in [1.54, 1.807) is 24.4 Å². The van der Waals surface area contributed by atoms with Crippen LogP contribution < -0.4 is 10.6 Å². The molecule has 0 aliphatic carbocycles. The molecule has 8 heteroatoms. The minimum atomic E-state index is -4.46. The first-order valence-corrected chi connectivity index (χ1v) is 6.98. The van der Waals surface area contributed by atoms with Crippen molar-refractivity contribution in [1.82, 2.24) is 15.6 Å². The summed E-state index contributed by atoms with van der Waals surface area (Å²) in [5.41, 5.74) is -0.132. The van der Waals surface area contributed by atoms with Gasteiger partial charge in [0.15, 0.2) is 0 Å². The summed E-state index contributed by atoms with van der Waals surface area (Å²) in [4.78, 5) is 27.5. The second kappa shape index (κ2) is 7.58. The summed E-state index contributed by atoms with van der Waals surface area (Å²) in [7, 11) is 0. The third-order valence-electron chi connectivity index (χ3n) is 3.08. The Bertz CT molecular complexity index is 701. The molecule has 0 spiro atoms. The summed E-state index contributed by atoms with van der Waals surface area (Å²) >= 11 is 0. The Kier molecular flexibility index (Phi) is 5.51. The van der Waals surface area contributed by atoms with Gasteiger partial charge in [0.05, 0.1) is 24.3 Å². The number of pyridine rings is 1. The number of rotatable bonds is 5. The van der Waals surface area contributed by atoms with Crippen molar-refractivity contribution < 1.29 is 22.8 Å². The van der Waals surface area contributed by atoms with Gasteiger partial charge in [0, 0.05) is 11.8 Å². The first kappa shape index (κ1) is 17.5. The molecule has 2 aromatic rings. The molecular weight excluding hydrogens is 323 g/mol. The Morgan fingerprint density at radius 1 is 1.00 bits per heavy atom. The Morgan fingerprint density at radius 2 is 1.71 bits per heavy atom. The van der Waals surface area contributed by atoms with Crippen LogP contribution in [0.15, 0.2) is 48.7 Å². The fourth-order valence-electron chi connectivity index (χ4n) is 1.83. The van der Waals surface area contributed by atoms with Crippen molar-refractivity contribution in [2.24, 2.45) is 0 Å². The maximum atomic E-state index is 12.4. The van der Waals surface area contributed by atoms with E-state index < -0.39 is 23.6 Å². The lowest BCUT2D eigenvalue weighted by atomic mass is 10.1. The highest BCUT2D eigenvalue weighted by atomic mass is 19.4. The van der Waals surface area contributed by atoms with Gasteiger partial charge in [-0.05, 0) is 36.4 Å². The van der Waals surface area contributed by atoms with E-state index >= 15 is 0 Å². The molecule has 2 amide bonds. The minimum Gasteiger partial charge on any atom is -0.349 e. The minimum absolute atomic E-state index is 0.0422. The first-order valence-electron chi connectivity index (χ1n) is 6.98. The predicted molar refractivity (Wildman–Crippen MR) is 79.9 cm³/mol. The van der Waals surface area contributed by atoms with E-state index in [0.29, 0.717) is 5.69 Å². The van der Waals surface area contributed by atoms with Crippen molar-refractivity contribution >= 4 is 11.8 Å². The summed E-state index contributed by atoms with van der Waals surface area (Å²) in [6.07, 6.45) is -2.87. The van der Waals surface area contributed by atoms with Crippen LogP contribution in [-0.2, 0) is 17.5 Å². The molecule has 126 valence electrons. The molecule has 1 aromatic carbocycles. The van der Waals surface area contributed by atoms with Crippen molar-refractivity contribution in [2.75, 3.05) is 6.54 Å². The van der Waals surface area contributed by atoms with Gasteiger partial charge in [-0.1, -0.05) is 6.07 Å². The van der Waals surface area contributed by atoms with Crippen molar-refractivity contribution in [2.45, 2.75) is 12.7 Å². The highest BCUT2D eigenvalue weighted by Gasteiger charge is 2.30.